The van der Waals surface area contributed by atoms with Gasteiger partial charge in [-0.2, -0.15) is 0 Å². The third kappa shape index (κ3) is 8.97. The molecule has 0 N–H and O–H groups in total. The van der Waals surface area contributed by atoms with Crippen molar-refractivity contribution in [2.75, 3.05) is 39.3 Å². The van der Waals surface area contributed by atoms with Crippen molar-refractivity contribution in [3.05, 3.63) is 0 Å². The molecule has 0 spiro atoms. The number of piperidine rings is 1. The van der Waals surface area contributed by atoms with Gasteiger partial charge in [0.1, 0.15) is 0 Å². The molecular formula is C18H38N2. The van der Waals surface area contributed by atoms with E-state index in [0.29, 0.717) is 0 Å². The molecule has 1 heterocycles. The number of rotatable bonds is 10. The molecule has 0 unspecified atom stereocenters. The average molecular weight is 283 g/mol. The summed E-state index contributed by atoms with van der Waals surface area (Å²) in [6.07, 6.45) is 8.37. The molecule has 1 fully saturated rings. The van der Waals surface area contributed by atoms with E-state index in [1.807, 2.05) is 0 Å². The van der Waals surface area contributed by atoms with Crippen LogP contribution >= 0.6 is 0 Å². The smallest absolute Gasteiger partial charge is 0.0109 e. The minimum Gasteiger partial charge on any atom is -0.302 e. The van der Waals surface area contributed by atoms with Gasteiger partial charge in [-0.25, -0.2) is 0 Å². The van der Waals surface area contributed by atoms with Crippen LogP contribution in [0.25, 0.3) is 0 Å². The van der Waals surface area contributed by atoms with Gasteiger partial charge in [-0.05, 0) is 70.1 Å². The van der Waals surface area contributed by atoms with Gasteiger partial charge in [-0.15, -0.1) is 0 Å². The van der Waals surface area contributed by atoms with Crippen LogP contribution in [-0.4, -0.2) is 49.1 Å². The second-order valence-corrected chi connectivity index (χ2v) is 7.46. The molecule has 0 aromatic rings. The van der Waals surface area contributed by atoms with Gasteiger partial charge in [0.2, 0.25) is 0 Å². The summed E-state index contributed by atoms with van der Waals surface area (Å²) in [6.45, 7) is 17.2. The normalized spacial score (nSPS) is 17.6. The van der Waals surface area contributed by atoms with Gasteiger partial charge in [0.05, 0.1) is 0 Å². The van der Waals surface area contributed by atoms with Gasteiger partial charge >= 0.3 is 0 Å². The maximum absolute atomic E-state index is 2.72. The Bertz CT molecular complexity index is 219. The van der Waals surface area contributed by atoms with Gasteiger partial charge in [-0.1, -0.05) is 34.1 Å². The lowest BCUT2D eigenvalue weighted by Gasteiger charge is -2.30. The monoisotopic (exact) mass is 282 g/mol. The number of hydrogen-bond acceptors (Lipinski definition) is 2. The van der Waals surface area contributed by atoms with Crippen LogP contribution < -0.4 is 0 Å². The van der Waals surface area contributed by atoms with Gasteiger partial charge in [0, 0.05) is 13.1 Å². The van der Waals surface area contributed by atoms with E-state index < -0.39 is 0 Å². The minimum absolute atomic E-state index is 0.831. The third-order valence-electron chi connectivity index (χ3n) is 4.46. The summed E-state index contributed by atoms with van der Waals surface area (Å²) >= 11 is 0. The van der Waals surface area contributed by atoms with Crippen LogP contribution in [0.5, 0.6) is 0 Å². The largest absolute Gasteiger partial charge is 0.302 e. The van der Waals surface area contributed by atoms with E-state index in [0.717, 1.165) is 11.8 Å². The van der Waals surface area contributed by atoms with Crippen molar-refractivity contribution in [2.45, 2.75) is 66.2 Å². The van der Waals surface area contributed by atoms with Crippen molar-refractivity contribution in [2.24, 2.45) is 11.8 Å². The Labute approximate surface area is 127 Å². The highest BCUT2D eigenvalue weighted by atomic mass is 15.2. The topological polar surface area (TPSA) is 6.48 Å². The highest BCUT2D eigenvalue weighted by Gasteiger charge is 2.12. The molecule has 0 radical (unpaired) electrons. The lowest BCUT2D eigenvalue weighted by Crippen LogP contribution is -2.38. The zero-order valence-electron chi connectivity index (χ0n) is 14.5. The van der Waals surface area contributed by atoms with Crippen molar-refractivity contribution in [3.63, 3.8) is 0 Å². The Balaban J connectivity index is 2.24. The molecular weight excluding hydrogens is 244 g/mol. The van der Waals surface area contributed by atoms with E-state index in [2.05, 4.69) is 37.5 Å². The zero-order valence-corrected chi connectivity index (χ0v) is 14.5. The van der Waals surface area contributed by atoms with Crippen molar-refractivity contribution in [1.29, 1.82) is 0 Å². The zero-order chi connectivity index (χ0) is 14.8. The van der Waals surface area contributed by atoms with E-state index in [1.54, 1.807) is 0 Å². The van der Waals surface area contributed by atoms with Crippen LogP contribution in [0, 0.1) is 11.8 Å². The molecule has 1 saturated heterocycles. The maximum atomic E-state index is 2.72. The fraction of sp³-hybridized carbons (Fsp3) is 1.00. The van der Waals surface area contributed by atoms with Crippen LogP contribution in [0.2, 0.25) is 0 Å². The number of likely N-dealkylation sites (tertiary alicyclic amines) is 1. The average Bonchev–Trinajstić information content (AvgIpc) is 2.42. The molecule has 1 rings (SSSR count). The van der Waals surface area contributed by atoms with Crippen molar-refractivity contribution >= 4 is 0 Å². The SMILES string of the molecule is CC(C)CCCN(CCC(C)C)CCN1CCCCC1. The molecule has 2 nitrogen and oxygen atoms in total. The lowest BCUT2D eigenvalue weighted by atomic mass is 10.1. The molecule has 0 aromatic carbocycles. The first-order valence-corrected chi connectivity index (χ1v) is 9.02. The minimum atomic E-state index is 0.831. The van der Waals surface area contributed by atoms with Gasteiger partial charge < -0.3 is 9.80 Å². The van der Waals surface area contributed by atoms with E-state index >= 15 is 0 Å². The van der Waals surface area contributed by atoms with E-state index in [-0.39, 0.29) is 0 Å². The fourth-order valence-electron chi connectivity index (χ4n) is 2.97. The van der Waals surface area contributed by atoms with Gasteiger partial charge in [0.25, 0.3) is 0 Å². The summed E-state index contributed by atoms with van der Waals surface area (Å²) in [7, 11) is 0. The third-order valence-corrected chi connectivity index (χ3v) is 4.46. The molecule has 0 aromatic heterocycles. The van der Waals surface area contributed by atoms with E-state index in [9.17, 15) is 0 Å². The Kier molecular flexibility index (Phi) is 9.54. The summed E-state index contributed by atoms with van der Waals surface area (Å²) in [5.41, 5.74) is 0. The van der Waals surface area contributed by atoms with Crippen molar-refractivity contribution in [1.82, 2.24) is 9.80 Å². The first-order valence-electron chi connectivity index (χ1n) is 9.02. The second kappa shape index (κ2) is 10.6. The van der Waals surface area contributed by atoms with Crippen molar-refractivity contribution in [3.8, 4) is 0 Å². The molecule has 0 saturated carbocycles. The molecule has 120 valence electrons. The Morgan fingerprint density at radius 2 is 1.45 bits per heavy atom. The van der Waals surface area contributed by atoms with Crippen LogP contribution in [0.15, 0.2) is 0 Å². The first kappa shape index (κ1) is 18.0. The first-order chi connectivity index (χ1) is 9.58. The van der Waals surface area contributed by atoms with Crippen molar-refractivity contribution < 1.29 is 0 Å². The molecule has 0 bridgehead atoms. The highest BCUT2D eigenvalue weighted by Crippen LogP contribution is 2.10. The lowest BCUT2D eigenvalue weighted by molar-refractivity contribution is 0.174. The summed E-state index contributed by atoms with van der Waals surface area (Å²) in [4.78, 5) is 5.39. The molecule has 2 heteroatoms. The molecule has 0 aliphatic carbocycles. The second-order valence-electron chi connectivity index (χ2n) is 7.46. The summed E-state index contributed by atoms with van der Waals surface area (Å²) in [6, 6.07) is 0. The molecule has 20 heavy (non-hydrogen) atoms. The molecule has 0 amide bonds. The predicted molar refractivity (Wildman–Crippen MR) is 90.3 cm³/mol. The van der Waals surface area contributed by atoms with Crippen LogP contribution in [0.3, 0.4) is 0 Å². The fourth-order valence-corrected chi connectivity index (χ4v) is 2.97. The van der Waals surface area contributed by atoms with Gasteiger partial charge in [0.15, 0.2) is 0 Å². The van der Waals surface area contributed by atoms with Crippen LogP contribution in [0.1, 0.15) is 66.2 Å². The summed E-state index contributed by atoms with van der Waals surface area (Å²) in [5.74, 6) is 1.68. The van der Waals surface area contributed by atoms with E-state index in [1.165, 1.54) is 77.8 Å². The van der Waals surface area contributed by atoms with Crippen LogP contribution in [-0.2, 0) is 0 Å². The number of hydrogen-bond donors (Lipinski definition) is 0. The Hall–Kier alpha value is -0.0800. The highest BCUT2D eigenvalue weighted by molar-refractivity contribution is 4.68. The number of nitrogens with zero attached hydrogens (tertiary/aromatic N) is 2. The predicted octanol–water partition coefficient (Wildman–Crippen LogP) is 4.26. The standard InChI is InChI=1S/C18H38N2/c1-17(2)9-8-13-20(14-10-18(3)4)16-15-19-11-6-5-7-12-19/h17-18H,5-16H2,1-4H3. The summed E-state index contributed by atoms with van der Waals surface area (Å²) < 4.78 is 0. The van der Waals surface area contributed by atoms with Crippen LogP contribution in [0.4, 0.5) is 0 Å². The van der Waals surface area contributed by atoms with E-state index in [4.69, 9.17) is 0 Å². The summed E-state index contributed by atoms with van der Waals surface area (Å²) in [5, 5.41) is 0. The molecule has 1 aliphatic heterocycles. The molecule has 0 atom stereocenters. The van der Waals surface area contributed by atoms with Gasteiger partial charge in [-0.3, -0.25) is 0 Å². The molecule has 1 aliphatic rings. The Morgan fingerprint density at radius 1 is 0.800 bits per heavy atom. The quantitative estimate of drug-likeness (QED) is 0.591. The Morgan fingerprint density at radius 3 is 2.05 bits per heavy atom. The maximum Gasteiger partial charge on any atom is 0.0109 e.